The minimum Gasteiger partial charge on any atom is -0.383 e. The average molecular weight is 323 g/mol. The van der Waals surface area contributed by atoms with Crippen LogP contribution in [0.2, 0.25) is 0 Å². The molecule has 1 rings (SSSR count). The maximum absolute atomic E-state index is 4.95. The molecular formula is C10H13Br2NO. The summed E-state index contributed by atoms with van der Waals surface area (Å²) in [4.78, 5) is 0. The summed E-state index contributed by atoms with van der Waals surface area (Å²) in [6.45, 7) is 2.48. The van der Waals surface area contributed by atoms with Gasteiger partial charge in [-0.25, -0.2) is 0 Å². The lowest BCUT2D eigenvalue weighted by Gasteiger charge is -2.05. The topological polar surface area (TPSA) is 21.3 Å². The van der Waals surface area contributed by atoms with Crippen molar-refractivity contribution in [2.75, 3.05) is 20.3 Å². The molecule has 1 N–H and O–H groups in total. The van der Waals surface area contributed by atoms with Crippen LogP contribution in [0.1, 0.15) is 5.56 Å². The molecular weight excluding hydrogens is 310 g/mol. The lowest BCUT2D eigenvalue weighted by Crippen LogP contribution is -2.18. The van der Waals surface area contributed by atoms with Gasteiger partial charge < -0.3 is 10.1 Å². The molecule has 0 unspecified atom stereocenters. The van der Waals surface area contributed by atoms with Crippen LogP contribution in [0.5, 0.6) is 0 Å². The van der Waals surface area contributed by atoms with Gasteiger partial charge in [0.15, 0.2) is 0 Å². The molecule has 0 aliphatic heterocycles. The van der Waals surface area contributed by atoms with Crippen molar-refractivity contribution >= 4 is 31.9 Å². The quantitative estimate of drug-likeness (QED) is 0.842. The van der Waals surface area contributed by atoms with E-state index >= 15 is 0 Å². The first kappa shape index (κ1) is 12.2. The van der Waals surface area contributed by atoms with E-state index in [9.17, 15) is 0 Å². The zero-order valence-corrected chi connectivity index (χ0v) is 11.2. The molecule has 0 aromatic heterocycles. The molecule has 0 saturated heterocycles. The predicted octanol–water partition coefficient (Wildman–Crippen LogP) is 2.95. The molecule has 0 bridgehead atoms. The summed E-state index contributed by atoms with van der Waals surface area (Å²) in [6.07, 6.45) is 0. The molecule has 2 nitrogen and oxygen atoms in total. The van der Waals surface area contributed by atoms with Gasteiger partial charge >= 0.3 is 0 Å². The van der Waals surface area contributed by atoms with Crippen LogP contribution in [0.3, 0.4) is 0 Å². The van der Waals surface area contributed by atoms with Gasteiger partial charge in [-0.3, -0.25) is 0 Å². The van der Waals surface area contributed by atoms with Gasteiger partial charge in [0, 0.05) is 29.1 Å². The van der Waals surface area contributed by atoms with E-state index in [-0.39, 0.29) is 0 Å². The van der Waals surface area contributed by atoms with E-state index in [1.807, 2.05) is 6.07 Å². The lowest BCUT2D eigenvalue weighted by atomic mass is 10.2. The monoisotopic (exact) mass is 321 g/mol. The van der Waals surface area contributed by atoms with Gasteiger partial charge in [0.2, 0.25) is 0 Å². The third kappa shape index (κ3) is 4.55. The standard InChI is InChI=1S/C10H13Br2NO/c1-14-3-2-13-7-8-4-9(11)6-10(12)5-8/h4-6,13H,2-3,7H2,1H3. The molecule has 0 saturated carbocycles. The van der Waals surface area contributed by atoms with Crippen LogP contribution in [-0.4, -0.2) is 20.3 Å². The first-order valence-corrected chi connectivity index (χ1v) is 5.95. The Morgan fingerprint density at radius 3 is 2.43 bits per heavy atom. The average Bonchev–Trinajstić information content (AvgIpc) is 2.11. The summed E-state index contributed by atoms with van der Waals surface area (Å²) < 4.78 is 7.13. The third-order valence-corrected chi connectivity index (χ3v) is 2.65. The summed E-state index contributed by atoms with van der Waals surface area (Å²) in [6, 6.07) is 6.23. The summed E-state index contributed by atoms with van der Waals surface area (Å²) in [5.41, 5.74) is 1.25. The van der Waals surface area contributed by atoms with Crippen molar-refractivity contribution in [2.45, 2.75) is 6.54 Å². The Hall–Kier alpha value is 0.1000. The number of halogens is 2. The van der Waals surface area contributed by atoms with Crippen LogP contribution in [0, 0.1) is 0 Å². The SMILES string of the molecule is COCCNCc1cc(Br)cc(Br)c1. The Labute approximate surface area is 101 Å². The zero-order valence-electron chi connectivity index (χ0n) is 8.02. The Morgan fingerprint density at radius 1 is 1.21 bits per heavy atom. The molecule has 0 amide bonds. The normalized spacial score (nSPS) is 10.5. The van der Waals surface area contributed by atoms with Crippen LogP contribution in [0.15, 0.2) is 27.1 Å². The first-order valence-electron chi connectivity index (χ1n) is 4.37. The van der Waals surface area contributed by atoms with Gasteiger partial charge in [-0.1, -0.05) is 31.9 Å². The van der Waals surface area contributed by atoms with E-state index in [0.29, 0.717) is 0 Å². The highest BCUT2D eigenvalue weighted by atomic mass is 79.9. The number of benzene rings is 1. The Balaban J connectivity index is 2.42. The van der Waals surface area contributed by atoms with Crippen LogP contribution in [-0.2, 0) is 11.3 Å². The van der Waals surface area contributed by atoms with E-state index < -0.39 is 0 Å². The van der Waals surface area contributed by atoms with Crippen molar-refractivity contribution < 1.29 is 4.74 Å². The van der Waals surface area contributed by atoms with Crippen LogP contribution >= 0.6 is 31.9 Å². The predicted molar refractivity (Wildman–Crippen MR) is 65.4 cm³/mol. The number of hydrogen-bond donors (Lipinski definition) is 1. The smallest absolute Gasteiger partial charge is 0.0587 e. The minimum atomic E-state index is 0.745. The van der Waals surface area contributed by atoms with Crippen molar-refractivity contribution in [2.24, 2.45) is 0 Å². The Bertz CT molecular complexity index is 271. The van der Waals surface area contributed by atoms with E-state index in [4.69, 9.17) is 4.74 Å². The highest BCUT2D eigenvalue weighted by molar-refractivity contribution is 9.11. The van der Waals surface area contributed by atoms with Crippen molar-refractivity contribution in [3.63, 3.8) is 0 Å². The van der Waals surface area contributed by atoms with E-state index in [0.717, 1.165) is 28.6 Å². The van der Waals surface area contributed by atoms with Gasteiger partial charge in [0.05, 0.1) is 6.61 Å². The van der Waals surface area contributed by atoms with Crippen molar-refractivity contribution in [1.29, 1.82) is 0 Å². The summed E-state index contributed by atoms with van der Waals surface area (Å²) in [5.74, 6) is 0. The molecule has 0 fully saturated rings. The molecule has 0 aliphatic rings. The van der Waals surface area contributed by atoms with Crippen molar-refractivity contribution in [1.82, 2.24) is 5.32 Å². The highest BCUT2D eigenvalue weighted by Crippen LogP contribution is 2.19. The second kappa shape index (κ2) is 6.56. The molecule has 4 heteroatoms. The molecule has 0 heterocycles. The maximum atomic E-state index is 4.95. The van der Waals surface area contributed by atoms with Crippen molar-refractivity contribution in [3.05, 3.63) is 32.7 Å². The maximum Gasteiger partial charge on any atom is 0.0587 e. The molecule has 14 heavy (non-hydrogen) atoms. The third-order valence-electron chi connectivity index (χ3n) is 1.73. The van der Waals surface area contributed by atoms with Gasteiger partial charge in [-0.05, 0) is 23.8 Å². The fourth-order valence-corrected chi connectivity index (χ4v) is 2.51. The van der Waals surface area contributed by atoms with E-state index in [1.54, 1.807) is 7.11 Å². The van der Waals surface area contributed by atoms with Gasteiger partial charge in [-0.2, -0.15) is 0 Å². The van der Waals surface area contributed by atoms with Crippen LogP contribution in [0.4, 0.5) is 0 Å². The first-order chi connectivity index (χ1) is 6.72. The fraction of sp³-hybridized carbons (Fsp3) is 0.400. The lowest BCUT2D eigenvalue weighted by molar-refractivity contribution is 0.199. The molecule has 1 aromatic carbocycles. The summed E-state index contributed by atoms with van der Waals surface area (Å²) in [7, 11) is 1.71. The van der Waals surface area contributed by atoms with E-state index in [2.05, 4.69) is 49.3 Å². The summed E-state index contributed by atoms with van der Waals surface area (Å²) >= 11 is 6.91. The molecule has 0 spiro atoms. The molecule has 0 atom stereocenters. The number of rotatable bonds is 5. The highest BCUT2D eigenvalue weighted by Gasteiger charge is 1.96. The largest absolute Gasteiger partial charge is 0.383 e. The van der Waals surface area contributed by atoms with Gasteiger partial charge in [0.1, 0.15) is 0 Å². The Kier molecular flexibility index (Phi) is 5.70. The van der Waals surface area contributed by atoms with Gasteiger partial charge in [0.25, 0.3) is 0 Å². The van der Waals surface area contributed by atoms with Gasteiger partial charge in [-0.15, -0.1) is 0 Å². The Morgan fingerprint density at radius 2 is 1.86 bits per heavy atom. The molecule has 1 aromatic rings. The number of ether oxygens (including phenoxy) is 1. The van der Waals surface area contributed by atoms with Crippen LogP contribution < -0.4 is 5.32 Å². The second-order valence-electron chi connectivity index (χ2n) is 2.95. The fourth-order valence-electron chi connectivity index (χ4n) is 1.12. The molecule has 78 valence electrons. The number of hydrogen-bond acceptors (Lipinski definition) is 2. The van der Waals surface area contributed by atoms with Crippen molar-refractivity contribution in [3.8, 4) is 0 Å². The number of methoxy groups -OCH3 is 1. The van der Waals surface area contributed by atoms with Crippen LogP contribution in [0.25, 0.3) is 0 Å². The zero-order chi connectivity index (χ0) is 10.4. The second-order valence-corrected chi connectivity index (χ2v) is 4.78. The molecule has 0 aliphatic carbocycles. The summed E-state index contributed by atoms with van der Waals surface area (Å²) in [5, 5.41) is 3.29. The van der Waals surface area contributed by atoms with E-state index in [1.165, 1.54) is 5.56 Å². The minimum absolute atomic E-state index is 0.745. The number of nitrogens with one attached hydrogen (secondary N) is 1. The molecule has 0 radical (unpaired) electrons.